The Labute approximate surface area is 169 Å². The van der Waals surface area contributed by atoms with Crippen LogP contribution in [0.3, 0.4) is 0 Å². The van der Waals surface area contributed by atoms with Gasteiger partial charge in [-0.05, 0) is 23.8 Å². The number of carbonyl (C=O) groups is 3. The number of nitrogens with one attached hydrogen (secondary N) is 2. The first kappa shape index (κ1) is 17.8. The van der Waals surface area contributed by atoms with E-state index in [1.54, 1.807) is 30.5 Å². The van der Waals surface area contributed by atoms with E-state index in [-0.39, 0.29) is 35.7 Å². The Hall–Kier alpha value is -4.32. The summed E-state index contributed by atoms with van der Waals surface area (Å²) in [6.07, 6.45) is 7.05. The Morgan fingerprint density at radius 1 is 1.30 bits per heavy atom. The zero-order valence-corrected chi connectivity index (χ0v) is 15.4. The van der Waals surface area contributed by atoms with Crippen molar-refractivity contribution in [1.29, 1.82) is 0 Å². The molecule has 2 aliphatic rings. The smallest absolute Gasteiger partial charge is 0.322 e. The van der Waals surface area contributed by atoms with Crippen molar-refractivity contribution in [3.05, 3.63) is 59.0 Å². The number of hydrogen-bond acceptors (Lipinski definition) is 6. The van der Waals surface area contributed by atoms with E-state index in [9.17, 15) is 19.5 Å². The van der Waals surface area contributed by atoms with Crippen molar-refractivity contribution >= 4 is 28.9 Å². The topological polar surface area (TPSA) is 125 Å². The minimum absolute atomic E-state index is 0.0990. The van der Waals surface area contributed by atoms with Crippen molar-refractivity contribution in [3.8, 4) is 18.1 Å². The Balaban J connectivity index is 1.58. The first-order valence-electron chi connectivity index (χ1n) is 9.02. The summed E-state index contributed by atoms with van der Waals surface area (Å²) in [5.74, 6) is 1.24. The number of rotatable bonds is 3. The molecule has 148 valence electrons. The number of pyridine rings is 1. The average Bonchev–Trinajstić information content (AvgIpc) is 3.37. The van der Waals surface area contributed by atoms with Gasteiger partial charge in [-0.25, -0.2) is 4.79 Å². The fraction of sp³-hybridized carbons (Fsp3) is 0.143. The molecule has 2 aromatic heterocycles. The molecule has 1 atom stereocenters. The number of phenolic OH excluding ortho intramolecular Hbond substituents is 1. The van der Waals surface area contributed by atoms with Crippen LogP contribution in [0.4, 0.5) is 4.79 Å². The minimum atomic E-state index is -1.63. The fourth-order valence-corrected chi connectivity index (χ4v) is 3.94. The van der Waals surface area contributed by atoms with Crippen LogP contribution >= 0.6 is 0 Å². The van der Waals surface area contributed by atoms with Gasteiger partial charge in [-0.3, -0.25) is 19.9 Å². The molecule has 1 fully saturated rings. The van der Waals surface area contributed by atoms with E-state index in [0.717, 1.165) is 0 Å². The number of urea groups is 1. The molecule has 0 aliphatic carbocycles. The molecule has 9 nitrogen and oxygen atoms in total. The maximum atomic E-state index is 13.1. The molecule has 3 aromatic rings. The third kappa shape index (κ3) is 2.37. The number of terminal acetylenes is 1. The molecule has 1 aromatic carbocycles. The molecule has 0 unspecified atom stereocenters. The monoisotopic (exact) mass is 402 g/mol. The number of carbonyl (C=O) groups excluding carboxylic acids is 3. The third-order valence-electron chi connectivity index (χ3n) is 5.35. The largest absolute Gasteiger partial charge is 0.507 e. The average molecular weight is 402 g/mol. The number of hydrogen-bond donors (Lipinski definition) is 3. The molecular formula is C21H14N4O5. The lowest BCUT2D eigenvalue weighted by Gasteiger charge is -2.29. The molecule has 0 bridgehead atoms. The van der Waals surface area contributed by atoms with Gasteiger partial charge >= 0.3 is 6.03 Å². The zero-order valence-electron chi connectivity index (χ0n) is 15.4. The van der Waals surface area contributed by atoms with Gasteiger partial charge in [0.2, 0.25) is 0 Å². The summed E-state index contributed by atoms with van der Waals surface area (Å²) < 4.78 is 5.81. The van der Waals surface area contributed by atoms with Gasteiger partial charge in [-0.1, -0.05) is 12.0 Å². The third-order valence-corrected chi connectivity index (χ3v) is 5.35. The van der Waals surface area contributed by atoms with E-state index < -0.39 is 23.4 Å². The minimum Gasteiger partial charge on any atom is -0.507 e. The highest BCUT2D eigenvalue weighted by Gasteiger charge is 2.53. The van der Waals surface area contributed by atoms with E-state index in [1.165, 1.54) is 11.0 Å². The number of fused-ring (bicyclic) bond motifs is 2. The van der Waals surface area contributed by atoms with E-state index in [4.69, 9.17) is 10.8 Å². The van der Waals surface area contributed by atoms with Crippen molar-refractivity contribution in [1.82, 2.24) is 20.5 Å². The Kier molecular flexibility index (Phi) is 3.60. The second-order valence-electron chi connectivity index (χ2n) is 7.11. The normalized spacial score (nSPS) is 20.2. The maximum absolute atomic E-state index is 13.1. The van der Waals surface area contributed by atoms with Crippen LogP contribution in [0.25, 0.3) is 11.1 Å². The molecule has 1 saturated heterocycles. The molecular weight excluding hydrogens is 388 g/mol. The number of aromatic nitrogens is 1. The predicted molar refractivity (Wildman–Crippen MR) is 103 cm³/mol. The van der Waals surface area contributed by atoms with Gasteiger partial charge < -0.3 is 19.7 Å². The molecule has 5 rings (SSSR count). The number of benzene rings is 1. The van der Waals surface area contributed by atoms with Crippen molar-refractivity contribution < 1.29 is 23.9 Å². The van der Waals surface area contributed by atoms with E-state index >= 15 is 0 Å². The van der Waals surface area contributed by atoms with Crippen LogP contribution in [0.1, 0.15) is 27.2 Å². The summed E-state index contributed by atoms with van der Waals surface area (Å²) in [5, 5.41) is 14.8. The highest BCUT2D eigenvalue weighted by molar-refractivity contribution is 6.08. The molecule has 4 heterocycles. The number of nitrogens with zero attached hydrogens (tertiary/aromatic N) is 2. The van der Waals surface area contributed by atoms with E-state index in [1.807, 2.05) is 0 Å². The second kappa shape index (κ2) is 6.09. The molecule has 2 aliphatic heterocycles. The quantitative estimate of drug-likeness (QED) is 0.447. The second-order valence-corrected chi connectivity index (χ2v) is 7.11. The standard InChI is InChI=1S/C21H14N4O5/c1-2-12-14(26)6-5-11-9-25(18(27)17(11)12)10-21(19(28)23-20(29)24-21)16-8-13-15(30-16)4-3-7-22-13/h1,3-8,26H,9-10H2,(H2,23,24,28,29)/t21-/m1/s1. The molecule has 9 heteroatoms. The number of imide groups is 1. The number of phenols is 1. The van der Waals surface area contributed by atoms with Gasteiger partial charge in [0.15, 0.2) is 11.1 Å². The lowest BCUT2D eigenvalue weighted by molar-refractivity contribution is -0.125. The summed E-state index contributed by atoms with van der Waals surface area (Å²) in [5.41, 5.74) is 0.253. The number of aromatic hydroxyl groups is 1. The zero-order chi connectivity index (χ0) is 21.0. The molecule has 0 saturated carbocycles. The lowest BCUT2D eigenvalue weighted by atomic mass is 9.95. The van der Waals surface area contributed by atoms with Crippen molar-refractivity contribution in [2.75, 3.05) is 6.54 Å². The van der Waals surface area contributed by atoms with Gasteiger partial charge in [0.25, 0.3) is 11.8 Å². The van der Waals surface area contributed by atoms with Crippen molar-refractivity contribution in [3.63, 3.8) is 0 Å². The van der Waals surface area contributed by atoms with Gasteiger partial charge in [-0.2, -0.15) is 0 Å². The van der Waals surface area contributed by atoms with Crippen LogP contribution in [0.5, 0.6) is 5.75 Å². The number of amides is 4. The van der Waals surface area contributed by atoms with Gasteiger partial charge in [0, 0.05) is 18.8 Å². The SMILES string of the molecule is C#Cc1c(O)ccc2c1C(=O)N(C[C@]1(c3cc4ncccc4o3)NC(=O)NC1=O)C2. The van der Waals surface area contributed by atoms with Crippen LogP contribution in [0, 0.1) is 12.3 Å². The van der Waals surface area contributed by atoms with E-state index in [0.29, 0.717) is 16.7 Å². The Morgan fingerprint density at radius 3 is 2.83 bits per heavy atom. The van der Waals surface area contributed by atoms with Crippen LogP contribution in [-0.4, -0.2) is 39.4 Å². The molecule has 0 radical (unpaired) electrons. The summed E-state index contributed by atoms with van der Waals surface area (Å²) in [7, 11) is 0. The van der Waals surface area contributed by atoms with Crippen molar-refractivity contribution in [2.24, 2.45) is 0 Å². The fourth-order valence-electron chi connectivity index (χ4n) is 3.94. The van der Waals surface area contributed by atoms with Crippen LogP contribution in [0.15, 0.2) is 40.9 Å². The Bertz CT molecular complexity index is 1270. The van der Waals surface area contributed by atoms with Gasteiger partial charge in [-0.15, -0.1) is 6.42 Å². The highest BCUT2D eigenvalue weighted by Crippen LogP contribution is 2.36. The predicted octanol–water partition coefficient (Wildman–Crippen LogP) is 1.21. The summed E-state index contributed by atoms with van der Waals surface area (Å²) in [4.78, 5) is 43.5. The van der Waals surface area contributed by atoms with E-state index in [2.05, 4.69) is 21.5 Å². The molecule has 30 heavy (non-hydrogen) atoms. The van der Waals surface area contributed by atoms with Crippen molar-refractivity contribution in [2.45, 2.75) is 12.1 Å². The molecule has 4 amide bonds. The summed E-state index contributed by atoms with van der Waals surface area (Å²) >= 11 is 0. The van der Waals surface area contributed by atoms with Gasteiger partial charge in [0.1, 0.15) is 17.0 Å². The molecule has 0 spiro atoms. The number of furan rings is 1. The maximum Gasteiger partial charge on any atom is 0.322 e. The van der Waals surface area contributed by atoms with Crippen LogP contribution < -0.4 is 10.6 Å². The van der Waals surface area contributed by atoms with Crippen LogP contribution in [-0.2, 0) is 16.9 Å². The summed E-state index contributed by atoms with van der Waals surface area (Å²) in [6, 6.07) is 7.27. The Morgan fingerprint density at radius 2 is 2.13 bits per heavy atom. The first-order chi connectivity index (χ1) is 14.4. The summed E-state index contributed by atoms with van der Waals surface area (Å²) in [6.45, 7) is -0.0326. The highest BCUT2D eigenvalue weighted by atomic mass is 16.3. The van der Waals surface area contributed by atoms with Gasteiger partial charge in [0.05, 0.1) is 17.7 Å². The lowest BCUT2D eigenvalue weighted by Crippen LogP contribution is -2.52. The molecule has 3 N–H and O–H groups in total. The van der Waals surface area contributed by atoms with Crippen LogP contribution in [0.2, 0.25) is 0 Å². The first-order valence-corrected chi connectivity index (χ1v) is 9.02.